The molecule has 1 atom stereocenters. The van der Waals surface area contributed by atoms with Crippen LogP contribution in [0.15, 0.2) is 179 Å². The van der Waals surface area contributed by atoms with Gasteiger partial charge in [0.1, 0.15) is 28.3 Å². The molecule has 0 saturated heterocycles. The van der Waals surface area contributed by atoms with Gasteiger partial charge >= 0.3 is 0 Å². The van der Waals surface area contributed by atoms with Crippen LogP contribution >= 0.6 is 0 Å². The van der Waals surface area contributed by atoms with Crippen molar-refractivity contribution in [2.75, 3.05) is 0 Å². The molecule has 0 radical (unpaired) electrons. The Morgan fingerprint density at radius 3 is 1.82 bits per heavy atom. The third kappa shape index (κ3) is 4.94. The zero-order valence-electron chi connectivity index (χ0n) is 30.6. The van der Waals surface area contributed by atoms with Gasteiger partial charge in [0.2, 0.25) is 0 Å². The third-order valence-corrected chi connectivity index (χ3v) is 11.4. The first-order chi connectivity index (χ1) is 28.3. The van der Waals surface area contributed by atoms with E-state index in [0.29, 0.717) is 23.9 Å². The van der Waals surface area contributed by atoms with Crippen LogP contribution in [0.1, 0.15) is 29.5 Å². The van der Waals surface area contributed by atoms with Gasteiger partial charge in [0.05, 0.1) is 22.6 Å². The van der Waals surface area contributed by atoms with E-state index in [1.54, 1.807) is 0 Å². The highest BCUT2D eigenvalue weighted by Crippen LogP contribution is 2.48. The van der Waals surface area contributed by atoms with Gasteiger partial charge in [0.15, 0.2) is 11.6 Å². The molecular weight excluding hydrogens is 701 g/mol. The Bertz CT molecular complexity index is 3280. The van der Waals surface area contributed by atoms with Crippen LogP contribution in [0.2, 0.25) is 0 Å². The summed E-state index contributed by atoms with van der Waals surface area (Å²) in [4.78, 5) is 15.5. The van der Waals surface area contributed by atoms with Crippen molar-refractivity contribution in [3.63, 3.8) is 0 Å². The first-order valence-corrected chi connectivity index (χ1v) is 19.3. The Labute approximate surface area is 327 Å². The molecule has 1 unspecified atom stereocenters. The molecule has 0 bridgehead atoms. The Kier molecular flexibility index (Phi) is 6.95. The molecule has 0 saturated carbocycles. The van der Waals surface area contributed by atoms with Crippen molar-refractivity contribution in [1.82, 2.24) is 19.5 Å². The van der Waals surface area contributed by atoms with E-state index < -0.39 is 0 Å². The van der Waals surface area contributed by atoms with Gasteiger partial charge in [-0.25, -0.2) is 15.0 Å². The quantitative estimate of drug-likeness (QED) is 0.176. The van der Waals surface area contributed by atoms with Crippen LogP contribution in [0.4, 0.5) is 0 Å². The van der Waals surface area contributed by atoms with E-state index in [4.69, 9.17) is 23.8 Å². The molecule has 1 aliphatic carbocycles. The van der Waals surface area contributed by atoms with Gasteiger partial charge in [-0.3, -0.25) is 0 Å². The number of fused-ring (bicyclic) bond motifs is 9. The predicted octanol–water partition coefficient (Wildman–Crippen LogP) is 13.2. The third-order valence-electron chi connectivity index (χ3n) is 11.4. The van der Waals surface area contributed by atoms with Crippen molar-refractivity contribution in [1.29, 1.82) is 0 Å². The summed E-state index contributed by atoms with van der Waals surface area (Å²) in [7, 11) is 0. The van der Waals surface area contributed by atoms with E-state index in [0.717, 1.165) is 83.2 Å². The maximum absolute atomic E-state index is 7.11. The molecule has 0 fully saturated rings. The summed E-state index contributed by atoms with van der Waals surface area (Å²) in [5.74, 6) is 2.61. The number of furan rings is 2. The molecule has 12 rings (SSSR count). The average Bonchev–Trinajstić information content (AvgIpc) is 3.96. The van der Waals surface area contributed by atoms with Gasteiger partial charge in [-0.2, -0.15) is 0 Å². The second kappa shape index (κ2) is 12.5. The first kappa shape index (κ1) is 31.7. The van der Waals surface area contributed by atoms with E-state index in [2.05, 4.69) is 132 Å². The summed E-state index contributed by atoms with van der Waals surface area (Å²) >= 11 is 0. The highest BCUT2D eigenvalue weighted by atomic mass is 16.3. The minimum Gasteiger partial charge on any atom is -0.456 e. The molecule has 4 heterocycles. The van der Waals surface area contributed by atoms with Crippen LogP contribution in [0.25, 0.3) is 100 Å². The molecule has 57 heavy (non-hydrogen) atoms. The largest absolute Gasteiger partial charge is 0.456 e. The number of benzene rings is 7. The molecule has 4 aromatic heterocycles. The minimum absolute atomic E-state index is 0.207. The van der Waals surface area contributed by atoms with Crippen molar-refractivity contribution < 1.29 is 8.83 Å². The van der Waals surface area contributed by atoms with Crippen LogP contribution in [-0.2, 0) is 0 Å². The number of rotatable bonds is 5. The molecule has 0 N–H and O–H groups in total. The maximum Gasteiger partial charge on any atom is 0.163 e. The summed E-state index contributed by atoms with van der Waals surface area (Å²) in [6.07, 6.45) is 5.01. The van der Waals surface area contributed by atoms with Crippen LogP contribution in [-0.4, -0.2) is 19.5 Å². The number of hydrogen-bond donors (Lipinski definition) is 0. The molecule has 268 valence electrons. The highest BCUT2D eigenvalue weighted by Gasteiger charge is 2.32. The molecule has 6 nitrogen and oxygen atoms in total. The monoisotopic (exact) mass is 732 g/mol. The smallest absolute Gasteiger partial charge is 0.163 e. The Morgan fingerprint density at radius 1 is 0.509 bits per heavy atom. The number of allylic oxidation sites excluding steroid dienone is 1. The number of para-hydroxylation sites is 3. The van der Waals surface area contributed by atoms with Gasteiger partial charge in [-0.1, -0.05) is 127 Å². The fourth-order valence-corrected chi connectivity index (χ4v) is 8.83. The summed E-state index contributed by atoms with van der Waals surface area (Å²) in [6, 6.07) is 56.8. The zero-order valence-corrected chi connectivity index (χ0v) is 30.6. The van der Waals surface area contributed by atoms with E-state index in [9.17, 15) is 0 Å². The number of hydrogen-bond acceptors (Lipinski definition) is 5. The van der Waals surface area contributed by atoms with E-state index in [1.165, 1.54) is 10.8 Å². The molecule has 11 aromatic rings. The van der Waals surface area contributed by atoms with Crippen LogP contribution < -0.4 is 0 Å². The molecule has 0 spiro atoms. The summed E-state index contributed by atoms with van der Waals surface area (Å²) in [6.45, 7) is 0. The Morgan fingerprint density at radius 2 is 1.12 bits per heavy atom. The second-order valence-corrected chi connectivity index (χ2v) is 14.7. The van der Waals surface area contributed by atoms with Crippen LogP contribution in [0, 0.1) is 0 Å². The topological polar surface area (TPSA) is 69.9 Å². The average molecular weight is 733 g/mol. The lowest BCUT2D eigenvalue weighted by atomic mass is 9.87. The van der Waals surface area contributed by atoms with Crippen LogP contribution in [0.3, 0.4) is 0 Å². The summed E-state index contributed by atoms with van der Waals surface area (Å²) in [5.41, 5.74) is 10.9. The van der Waals surface area contributed by atoms with Gasteiger partial charge in [0, 0.05) is 49.2 Å². The maximum atomic E-state index is 7.11. The normalized spacial score (nSPS) is 14.0. The fourth-order valence-electron chi connectivity index (χ4n) is 8.83. The molecular formula is C51H32N4O2. The second-order valence-electron chi connectivity index (χ2n) is 14.7. The molecule has 0 amide bonds. The lowest BCUT2D eigenvalue weighted by Crippen LogP contribution is -2.12. The standard InChI is InChI=1S/C51H32N4O2/c1-3-14-31(15-4-1)49-52-50(32-16-5-2-6-17-32)54-51(53-49)38-21-13-25-45-46(38)47-42(55-40-22-10-7-18-35(40)36-19-8-11-23-41(36)55)28-27-34(48(47)57-45)33-26-29-44-39(30-33)37-20-9-12-24-43(37)56-44/h1-20,22-30,38H,21H2. The zero-order chi connectivity index (χ0) is 37.5. The van der Waals surface area contributed by atoms with Gasteiger partial charge in [0.25, 0.3) is 0 Å². The summed E-state index contributed by atoms with van der Waals surface area (Å²) in [5, 5.41) is 5.61. The van der Waals surface area contributed by atoms with Crippen molar-refractivity contribution in [2.45, 2.75) is 12.3 Å². The van der Waals surface area contributed by atoms with Crippen molar-refractivity contribution in [3.8, 4) is 39.6 Å². The molecule has 6 heteroatoms. The van der Waals surface area contributed by atoms with Crippen LogP contribution in [0.5, 0.6) is 0 Å². The van der Waals surface area contributed by atoms with Crippen molar-refractivity contribution >= 4 is 60.8 Å². The van der Waals surface area contributed by atoms with E-state index in [-0.39, 0.29) is 5.92 Å². The summed E-state index contributed by atoms with van der Waals surface area (Å²) < 4.78 is 15.7. The molecule has 0 aliphatic heterocycles. The minimum atomic E-state index is -0.207. The highest BCUT2D eigenvalue weighted by molar-refractivity contribution is 6.12. The predicted molar refractivity (Wildman–Crippen MR) is 229 cm³/mol. The molecule has 1 aliphatic rings. The molecule has 7 aromatic carbocycles. The van der Waals surface area contributed by atoms with E-state index in [1.807, 2.05) is 48.5 Å². The lowest BCUT2D eigenvalue weighted by Gasteiger charge is -2.20. The van der Waals surface area contributed by atoms with Gasteiger partial charge in [-0.05, 0) is 60.5 Å². The fraction of sp³-hybridized carbons (Fsp3) is 0.0392. The lowest BCUT2D eigenvalue weighted by molar-refractivity contribution is 0.587. The van der Waals surface area contributed by atoms with Gasteiger partial charge in [-0.15, -0.1) is 0 Å². The Hall–Kier alpha value is -7.57. The van der Waals surface area contributed by atoms with Gasteiger partial charge < -0.3 is 13.4 Å². The Balaban J connectivity index is 1.16. The SMILES string of the molecule is C1=Cc2oc3c(-c4ccc5oc6ccccc6c5c4)ccc(-n4c5ccccc5c5ccccc54)c3c2C(c2nc(-c3ccccc3)nc(-c3ccccc3)n2)C1. The number of aromatic nitrogens is 4. The number of nitrogens with zero attached hydrogens (tertiary/aromatic N) is 4. The van der Waals surface area contributed by atoms with Crippen molar-refractivity contribution in [3.05, 3.63) is 187 Å². The van der Waals surface area contributed by atoms with Crippen molar-refractivity contribution in [2.24, 2.45) is 0 Å². The van der Waals surface area contributed by atoms with E-state index >= 15 is 0 Å². The first-order valence-electron chi connectivity index (χ1n) is 19.3.